The van der Waals surface area contributed by atoms with Gasteiger partial charge in [0.05, 0.1) is 22.2 Å². The van der Waals surface area contributed by atoms with Gasteiger partial charge in [-0.3, -0.25) is 4.79 Å². The van der Waals surface area contributed by atoms with Gasteiger partial charge in [-0.15, -0.1) is 0 Å². The molecule has 1 unspecified atom stereocenters. The Balaban J connectivity index is 1.65. The van der Waals surface area contributed by atoms with Gasteiger partial charge in [0.25, 0.3) is 5.56 Å². The molecule has 1 aliphatic rings. The van der Waals surface area contributed by atoms with Crippen LogP contribution in [0.25, 0.3) is 33.3 Å². The zero-order valence-corrected chi connectivity index (χ0v) is 16.6. The van der Waals surface area contributed by atoms with Crippen LogP contribution in [-0.4, -0.2) is 34.1 Å². The van der Waals surface area contributed by atoms with E-state index in [0.717, 1.165) is 41.6 Å². The van der Waals surface area contributed by atoms with E-state index in [9.17, 15) is 4.79 Å². The molecular formula is C22H22ClN5O. The fraction of sp³-hybridized carbons (Fsp3) is 0.273. The van der Waals surface area contributed by atoms with Gasteiger partial charge in [0.2, 0.25) is 0 Å². The molecule has 7 heteroatoms. The number of nitrogens with one attached hydrogen (secondary N) is 4. The number of hydrogen-bond acceptors (Lipinski definition) is 4. The number of anilines is 1. The summed E-state index contributed by atoms with van der Waals surface area (Å²) >= 11 is 6.16. The Hall–Kier alpha value is -2.83. The molecule has 4 aromatic rings. The van der Waals surface area contributed by atoms with Crippen LogP contribution < -0.4 is 16.2 Å². The van der Waals surface area contributed by atoms with Crippen LogP contribution in [0, 0.1) is 0 Å². The third-order valence-electron chi connectivity index (χ3n) is 5.54. The number of piperidine rings is 1. The van der Waals surface area contributed by atoms with Gasteiger partial charge in [0, 0.05) is 23.0 Å². The topological polar surface area (TPSA) is 85.6 Å². The van der Waals surface area contributed by atoms with Crippen molar-refractivity contribution in [1.82, 2.24) is 20.3 Å². The smallest absolute Gasteiger partial charge is 0.261 e. The van der Waals surface area contributed by atoms with Crippen molar-refractivity contribution in [1.29, 1.82) is 0 Å². The Labute approximate surface area is 172 Å². The largest absolute Gasteiger partial charge is 0.382 e. The highest BCUT2D eigenvalue weighted by atomic mass is 35.5. The van der Waals surface area contributed by atoms with E-state index in [-0.39, 0.29) is 5.56 Å². The second-order valence-corrected chi connectivity index (χ2v) is 7.96. The van der Waals surface area contributed by atoms with E-state index in [2.05, 4.69) is 25.6 Å². The normalized spacial score (nSPS) is 17.1. The van der Waals surface area contributed by atoms with Crippen LogP contribution in [-0.2, 0) is 0 Å². The Kier molecular flexibility index (Phi) is 4.73. The van der Waals surface area contributed by atoms with Gasteiger partial charge in [-0.05, 0) is 49.7 Å². The quantitative estimate of drug-likeness (QED) is 0.406. The van der Waals surface area contributed by atoms with Crippen LogP contribution in [0.15, 0.2) is 47.3 Å². The maximum absolute atomic E-state index is 13.1. The number of halogens is 1. The Morgan fingerprint density at radius 1 is 1.10 bits per heavy atom. The summed E-state index contributed by atoms with van der Waals surface area (Å²) in [7, 11) is 0. The number of imidazole rings is 1. The molecule has 148 valence electrons. The van der Waals surface area contributed by atoms with Crippen LogP contribution in [0.2, 0.25) is 5.02 Å². The van der Waals surface area contributed by atoms with Gasteiger partial charge in [-0.2, -0.15) is 0 Å². The first-order chi connectivity index (χ1) is 14.2. The molecule has 0 aliphatic carbocycles. The van der Waals surface area contributed by atoms with Crippen LogP contribution >= 0.6 is 11.6 Å². The highest BCUT2D eigenvalue weighted by Gasteiger charge is 2.20. The third-order valence-corrected chi connectivity index (χ3v) is 5.78. The highest BCUT2D eigenvalue weighted by Crippen LogP contribution is 2.32. The van der Waals surface area contributed by atoms with Crippen molar-refractivity contribution >= 4 is 39.2 Å². The Morgan fingerprint density at radius 3 is 2.83 bits per heavy atom. The number of fused-ring (bicyclic) bond motifs is 2. The molecule has 0 saturated carbocycles. The van der Waals surface area contributed by atoms with Crippen molar-refractivity contribution in [2.24, 2.45) is 0 Å². The van der Waals surface area contributed by atoms with Gasteiger partial charge < -0.3 is 20.6 Å². The lowest BCUT2D eigenvalue weighted by atomic mass is 10.0. The van der Waals surface area contributed by atoms with Gasteiger partial charge in [0.1, 0.15) is 11.4 Å². The van der Waals surface area contributed by atoms with Crippen molar-refractivity contribution in [2.45, 2.75) is 25.3 Å². The lowest BCUT2D eigenvalue weighted by Crippen LogP contribution is -2.39. The van der Waals surface area contributed by atoms with Crippen LogP contribution in [0.1, 0.15) is 19.3 Å². The van der Waals surface area contributed by atoms with Gasteiger partial charge in [0.15, 0.2) is 0 Å². The van der Waals surface area contributed by atoms with Crippen molar-refractivity contribution in [3.05, 3.63) is 57.8 Å². The summed E-state index contributed by atoms with van der Waals surface area (Å²) in [4.78, 5) is 24.0. The summed E-state index contributed by atoms with van der Waals surface area (Å²) in [6.45, 7) is 1.78. The van der Waals surface area contributed by atoms with Gasteiger partial charge in [-0.25, -0.2) is 4.98 Å². The molecule has 4 N–H and O–H groups in total. The number of nitrogens with zero attached hydrogens (tertiary/aromatic N) is 1. The van der Waals surface area contributed by atoms with Crippen molar-refractivity contribution < 1.29 is 0 Å². The molecule has 5 rings (SSSR count). The number of aromatic amines is 2. The molecule has 0 bridgehead atoms. The maximum atomic E-state index is 13.1. The second kappa shape index (κ2) is 7.54. The number of rotatable bonds is 4. The SMILES string of the molecule is O=c1[nH]c2cc(Cl)ccc2c(NCC2CCCCN2)c1-c1nc2ccccc2[nH]1. The van der Waals surface area contributed by atoms with E-state index in [1.165, 1.54) is 12.8 Å². The predicted octanol–water partition coefficient (Wildman–Crippen LogP) is 4.28. The molecule has 0 amide bonds. The standard InChI is InChI=1S/C22H22ClN5O/c23-13-8-9-15-18(11-13)28-22(29)19(20(15)25-12-14-5-3-4-10-24-14)21-26-16-6-1-2-7-17(16)27-21/h1-2,6-9,11,14,24H,3-5,10,12H2,(H,26,27)(H2,25,28,29). The summed E-state index contributed by atoms with van der Waals surface area (Å²) < 4.78 is 0. The molecule has 1 atom stereocenters. The molecule has 1 saturated heterocycles. The maximum Gasteiger partial charge on any atom is 0.261 e. The molecule has 1 fully saturated rings. The minimum absolute atomic E-state index is 0.196. The van der Waals surface area contributed by atoms with E-state index in [1.54, 1.807) is 6.07 Å². The first kappa shape index (κ1) is 18.2. The monoisotopic (exact) mass is 407 g/mol. The molecule has 2 aromatic heterocycles. The molecule has 0 radical (unpaired) electrons. The molecule has 29 heavy (non-hydrogen) atoms. The van der Waals surface area contributed by atoms with E-state index in [0.29, 0.717) is 28.0 Å². The number of H-pyrrole nitrogens is 2. The highest BCUT2D eigenvalue weighted by molar-refractivity contribution is 6.31. The van der Waals surface area contributed by atoms with E-state index < -0.39 is 0 Å². The van der Waals surface area contributed by atoms with Gasteiger partial charge >= 0.3 is 0 Å². The minimum atomic E-state index is -0.196. The first-order valence-electron chi connectivity index (χ1n) is 9.97. The summed E-state index contributed by atoms with van der Waals surface area (Å²) in [5.41, 5.74) is 3.55. The zero-order chi connectivity index (χ0) is 19.8. The summed E-state index contributed by atoms with van der Waals surface area (Å²) in [6.07, 6.45) is 3.56. The fourth-order valence-electron chi connectivity index (χ4n) is 4.08. The number of para-hydroxylation sites is 2. The fourth-order valence-corrected chi connectivity index (χ4v) is 4.25. The zero-order valence-electron chi connectivity index (χ0n) is 15.9. The average Bonchev–Trinajstić information content (AvgIpc) is 3.15. The molecule has 6 nitrogen and oxygen atoms in total. The summed E-state index contributed by atoms with van der Waals surface area (Å²) in [6, 6.07) is 13.7. The number of hydrogen-bond donors (Lipinski definition) is 4. The van der Waals surface area contributed by atoms with E-state index >= 15 is 0 Å². The second-order valence-electron chi connectivity index (χ2n) is 7.52. The Bertz CT molecular complexity index is 1210. The van der Waals surface area contributed by atoms with Crippen LogP contribution in [0.5, 0.6) is 0 Å². The van der Waals surface area contributed by atoms with Crippen LogP contribution in [0.4, 0.5) is 5.69 Å². The summed E-state index contributed by atoms with van der Waals surface area (Å²) in [5.74, 6) is 0.559. The molecular weight excluding hydrogens is 386 g/mol. The van der Waals surface area contributed by atoms with Crippen molar-refractivity contribution in [2.75, 3.05) is 18.4 Å². The third kappa shape index (κ3) is 3.50. The molecule has 2 aromatic carbocycles. The number of pyridine rings is 1. The Morgan fingerprint density at radius 2 is 2.00 bits per heavy atom. The molecule has 0 spiro atoms. The number of aromatic nitrogens is 3. The lowest BCUT2D eigenvalue weighted by molar-refractivity contribution is 0.414. The van der Waals surface area contributed by atoms with Crippen molar-refractivity contribution in [3.8, 4) is 11.4 Å². The molecule has 1 aliphatic heterocycles. The van der Waals surface area contributed by atoms with E-state index in [4.69, 9.17) is 11.6 Å². The van der Waals surface area contributed by atoms with Crippen molar-refractivity contribution in [3.63, 3.8) is 0 Å². The lowest BCUT2D eigenvalue weighted by Gasteiger charge is -2.25. The molecule has 3 heterocycles. The summed E-state index contributed by atoms with van der Waals surface area (Å²) in [5, 5.41) is 8.60. The van der Waals surface area contributed by atoms with Crippen LogP contribution in [0.3, 0.4) is 0 Å². The minimum Gasteiger partial charge on any atom is -0.382 e. The van der Waals surface area contributed by atoms with E-state index in [1.807, 2.05) is 36.4 Å². The average molecular weight is 408 g/mol. The predicted molar refractivity (Wildman–Crippen MR) is 119 cm³/mol. The first-order valence-corrected chi connectivity index (χ1v) is 10.3. The number of benzene rings is 2. The van der Waals surface area contributed by atoms with Gasteiger partial charge in [-0.1, -0.05) is 30.2 Å².